The molecule has 0 bridgehead atoms. The number of hydrogen-bond acceptors (Lipinski definition) is 2. The van der Waals surface area contributed by atoms with Crippen LogP contribution in [0.5, 0.6) is 0 Å². The molecule has 3 aliphatic carbocycles. The van der Waals surface area contributed by atoms with Crippen molar-refractivity contribution in [3.05, 3.63) is 11.1 Å². The molecule has 2 nitrogen and oxygen atoms in total. The molecule has 94 valence electrons. The summed E-state index contributed by atoms with van der Waals surface area (Å²) in [6, 6.07) is 0. The van der Waals surface area contributed by atoms with Crippen LogP contribution in [-0.2, 0) is 4.79 Å². The zero-order valence-corrected chi connectivity index (χ0v) is 11.0. The lowest BCUT2D eigenvalue weighted by Gasteiger charge is -2.36. The Hall–Kier alpha value is -0.630. The predicted octanol–water partition coefficient (Wildman–Crippen LogP) is 2.57. The summed E-state index contributed by atoms with van der Waals surface area (Å²) in [5.41, 5.74) is 2.69. The van der Waals surface area contributed by atoms with E-state index >= 15 is 0 Å². The second kappa shape index (κ2) is 3.44. The van der Waals surface area contributed by atoms with Crippen LogP contribution >= 0.6 is 0 Å². The highest BCUT2D eigenvalue weighted by Crippen LogP contribution is 2.65. The molecule has 4 atom stereocenters. The van der Waals surface area contributed by atoms with Gasteiger partial charge in [-0.2, -0.15) is 0 Å². The lowest BCUT2D eigenvalue weighted by Crippen LogP contribution is -2.36. The lowest BCUT2D eigenvalue weighted by atomic mass is 9.67. The molecule has 0 aromatic heterocycles. The average Bonchev–Trinajstić information content (AvgIpc) is 3.04. The summed E-state index contributed by atoms with van der Waals surface area (Å²) in [7, 11) is 0. The van der Waals surface area contributed by atoms with Gasteiger partial charge in [0.15, 0.2) is 5.78 Å². The summed E-state index contributed by atoms with van der Waals surface area (Å²) in [6.45, 7) is 6.71. The minimum absolute atomic E-state index is 0.110. The smallest absolute Gasteiger partial charge is 0.162 e. The number of rotatable bonds is 1. The molecular weight excluding hydrogens is 212 g/mol. The monoisotopic (exact) mass is 234 g/mol. The summed E-state index contributed by atoms with van der Waals surface area (Å²) in [5, 5.41) is 9.52. The molecular formula is C15H22O2. The second-order valence-corrected chi connectivity index (χ2v) is 6.45. The van der Waals surface area contributed by atoms with E-state index in [0.717, 1.165) is 12.0 Å². The minimum atomic E-state index is 0.110. The number of Topliss-reactive ketones (excluding diaryl/α,β-unsaturated/α-hetero) is 1. The van der Waals surface area contributed by atoms with Crippen molar-refractivity contribution >= 4 is 5.78 Å². The highest BCUT2D eigenvalue weighted by molar-refractivity contribution is 6.00. The van der Waals surface area contributed by atoms with Crippen LogP contribution in [0.3, 0.4) is 0 Å². The van der Waals surface area contributed by atoms with Gasteiger partial charge in [-0.25, -0.2) is 0 Å². The van der Waals surface area contributed by atoms with Crippen molar-refractivity contribution in [3.63, 3.8) is 0 Å². The third-order valence-electron chi connectivity index (χ3n) is 5.88. The molecule has 0 aromatic carbocycles. The van der Waals surface area contributed by atoms with E-state index in [4.69, 9.17) is 0 Å². The fourth-order valence-corrected chi connectivity index (χ4v) is 4.37. The Labute approximate surface area is 103 Å². The van der Waals surface area contributed by atoms with Crippen molar-refractivity contribution < 1.29 is 9.90 Å². The predicted molar refractivity (Wildman–Crippen MR) is 66.4 cm³/mol. The van der Waals surface area contributed by atoms with Crippen molar-refractivity contribution in [2.45, 2.75) is 40.0 Å². The van der Waals surface area contributed by atoms with Gasteiger partial charge in [-0.1, -0.05) is 26.3 Å². The third-order valence-corrected chi connectivity index (χ3v) is 5.88. The highest BCUT2D eigenvalue weighted by Gasteiger charge is 2.60. The number of ketones is 1. The fourth-order valence-electron chi connectivity index (χ4n) is 4.37. The zero-order chi connectivity index (χ0) is 12.4. The van der Waals surface area contributed by atoms with Crippen LogP contribution in [0.25, 0.3) is 0 Å². The normalized spacial score (nSPS) is 43.2. The number of aliphatic hydroxyl groups is 1. The van der Waals surface area contributed by atoms with E-state index in [1.54, 1.807) is 0 Å². The van der Waals surface area contributed by atoms with E-state index in [2.05, 4.69) is 20.8 Å². The topological polar surface area (TPSA) is 37.3 Å². The molecule has 0 aliphatic heterocycles. The van der Waals surface area contributed by atoms with E-state index in [0.29, 0.717) is 23.0 Å². The first-order valence-electron chi connectivity index (χ1n) is 6.91. The first-order chi connectivity index (χ1) is 8.03. The molecule has 1 saturated carbocycles. The van der Waals surface area contributed by atoms with E-state index in [1.165, 1.54) is 18.4 Å². The summed E-state index contributed by atoms with van der Waals surface area (Å²) < 4.78 is 0. The van der Waals surface area contributed by atoms with Gasteiger partial charge in [-0.15, -0.1) is 0 Å². The first kappa shape index (κ1) is 11.5. The third kappa shape index (κ3) is 1.28. The van der Waals surface area contributed by atoms with Crippen molar-refractivity contribution in [2.24, 2.45) is 29.1 Å². The van der Waals surface area contributed by atoms with Gasteiger partial charge in [0.25, 0.3) is 0 Å². The van der Waals surface area contributed by atoms with Gasteiger partial charge in [0.2, 0.25) is 0 Å². The summed E-state index contributed by atoms with van der Waals surface area (Å²) in [5.74, 6) is 1.63. The second-order valence-electron chi connectivity index (χ2n) is 6.45. The van der Waals surface area contributed by atoms with Crippen LogP contribution < -0.4 is 0 Å². The quantitative estimate of drug-likeness (QED) is 0.757. The van der Waals surface area contributed by atoms with Crippen LogP contribution in [0.2, 0.25) is 0 Å². The molecule has 3 rings (SSSR count). The van der Waals surface area contributed by atoms with Crippen LogP contribution in [0.4, 0.5) is 0 Å². The van der Waals surface area contributed by atoms with E-state index in [-0.39, 0.29) is 18.4 Å². The summed E-state index contributed by atoms with van der Waals surface area (Å²) in [4.78, 5) is 12.6. The average molecular weight is 234 g/mol. The molecule has 0 radical (unpaired) electrons. The number of carbonyl (C=O) groups excluding carboxylic acids is 1. The van der Waals surface area contributed by atoms with Crippen LogP contribution in [0, 0.1) is 29.1 Å². The Balaban J connectivity index is 2.06. The molecule has 2 heteroatoms. The Kier molecular flexibility index (Phi) is 2.32. The minimum Gasteiger partial charge on any atom is -0.396 e. The maximum Gasteiger partial charge on any atom is 0.162 e. The van der Waals surface area contributed by atoms with E-state index < -0.39 is 0 Å². The fraction of sp³-hybridized carbons (Fsp3) is 0.800. The molecule has 17 heavy (non-hydrogen) atoms. The number of aliphatic hydroxyl groups excluding tert-OH is 1. The highest BCUT2D eigenvalue weighted by atomic mass is 16.3. The first-order valence-corrected chi connectivity index (χ1v) is 6.91. The number of hydrogen-bond donors (Lipinski definition) is 1. The summed E-state index contributed by atoms with van der Waals surface area (Å²) in [6.07, 6.45) is 3.47. The Morgan fingerprint density at radius 1 is 1.24 bits per heavy atom. The van der Waals surface area contributed by atoms with Gasteiger partial charge in [0.1, 0.15) is 0 Å². The summed E-state index contributed by atoms with van der Waals surface area (Å²) >= 11 is 0. The van der Waals surface area contributed by atoms with Gasteiger partial charge < -0.3 is 5.11 Å². The number of carbonyl (C=O) groups is 1. The van der Waals surface area contributed by atoms with E-state index in [1.807, 2.05) is 0 Å². The molecule has 3 aliphatic rings. The maximum atomic E-state index is 12.6. The SMILES string of the molecule is CC1CC2=C(C(=O)C(C)C3(CC3)C2C)C1CO. The van der Waals surface area contributed by atoms with Gasteiger partial charge in [-0.05, 0) is 36.5 Å². The maximum absolute atomic E-state index is 12.6. The van der Waals surface area contributed by atoms with Gasteiger partial charge in [0, 0.05) is 17.4 Å². The van der Waals surface area contributed by atoms with Crippen molar-refractivity contribution in [2.75, 3.05) is 6.61 Å². The van der Waals surface area contributed by atoms with Crippen molar-refractivity contribution in [1.82, 2.24) is 0 Å². The molecule has 1 fully saturated rings. The van der Waals surface area contributed by atoms with E-state index in [9.17, 15) is 9.90 Å². The van der Waals surface area contributed by atoms with Gasteiger partial charge in [0.05, 0.1) is 6.61 Å². The molecule has 0 heterocycles. The Morgan fingerprint density at radius 3 is 2.41 bits per heavy atom. The van der Waals surface area contributed by atoms with Crippen LogP contribution in [-0.4, -0.2) is 17.5 Å². The zero-order valence-electron chi connectivity index (χ0n) is 11.0. The molecule has 1 spiro atoms. The largest absolute Gasteiger partial charge is 0.396 e. The number of allylic oxidation sites excluding steroid dienone is 1. The van der Waals surface area contributed by atoms with Gasteiger partial charge >= 0.3 is 0 Å². The molecule has 0 saturated heterocycles. The van der Waals surface area contributed by atoms with Crippen molar-refractivity contribution in [3.8, 4) is 0 Å². The Morgan fingerprint density at radius 2 is 1.88 bits per heavy atom. The lowest BCUT2D eigenvalue weighted by molar-refractivity contribution is -0.123. The standard InChI is InChI=1S/C15H22O2/c1-8-6-11-9(2)15(4-5-15)10(3)14(17)13(11)12(8)7-16/h8-10,12,16H,4-7H2,1-3H3. The van der Waals surface area contributed by atoms with Crippen molar-refractivity contribution in [1.29, 1.82) is 0 Å². The molecule has 0 amide bonds. The van der Waals surface area contributed by atoms with Crippen LogP contribution in [0.15, 0.2) is 11.1 Å². The van der Waals surface area contributed by atoms with Crippen LogP contribution in [0.1, 0.15) is 40.0 Å². The molecule has 4 unspecified atom stereocenters. The molecule has 1 N–H and O–H groups in total. The Bertz CT molecular complexity index is 403. The van der Waals surface area contributed by atoms with Gasteiger partial charge in [-0.3, -0.25) is 4.79 Å². The molecule has 0 aromatic rings.